The van der Waals surface area contributed by atoms with Gasteiger partial charge in [-0.25, -0.2) is 4.79 Å². The highest BCUT2D eigenvalue weighted by Crippen LogP contribution is 2.27. The average Bonchev–Trinajstić information content (AvgIpc) is 3.04. The van der Waals surface area contributed by atoms with Gasteiger partial charge in [0.05, 0.1) is 4.88 Å². The minimum atomic E-state index is -1.31. The van der Waals surface area contributed by atoms with Gasteiger partial charge in [0.2, 0.25) is 17.6 Å². The van der Waals surface area contributed by atoms with Gasteiger partial charge in [0.1, 0.15) is 5.54 Å². The maximum absolute atomic E-state index is 11.7. The maximum Gasteiger partial charge on any atom is 0.328 e. The number of nitrogens with zero attached hydrogens (tertiary/aromatic N) is 2. The molecule has 118 valence electrons. The smallest absolute Gasteiger partial charge is 0.328 e. The Bertz CT molecular complexity index is 695. The van der Waals surface area contributed by atoms with Crippen molar-refractivity contribution in [1.82, 2.24) is 15.5 Å². The van der Waals surface area contributed by atoms with Gasteiger partial charge in [0, 0.05) is 22.7 Å². The molecule has 2 aromatic rings. The summed E-state index contributed by atoms with van der Waals surface area (Å²) < 4.78 is 6.03. The molecule has 0 saturated heterocycles. The van der Waals surface area contributed by atoms with Crippen molar-refractivity contribution in [3.63, 3.8) is 0 Å². The van der Waals surface area contributed by atoms with Crippen LogP contribution < -0.4 is 5.32 Å². The maximum atomic E-state index is 11.7. The fourth-order valence-electron chi connectivity index (χ4n) is 1.57. The summed E-state index contributed by atoms with van der Waals surface area (Å²) >= 11 is 4.82. The number of aryl methyl sites for hydroxylation is 1. The number of carbonyl (C=O) groups is 2. The Hall–Kier alpha value is -1.74. The Balaban J connectivity index is 1.91. The molecule has 0 aliphatic carbocycles. The number of nitrogens with one attached hydrogen (secondary N) is 1. The second kappa shape index (κ2) is 6.57. The van der Waals surface area contributed by atoms with Crippen molar-refractivity contribution in [3.8, 4) is 10.7 Å². The summed E-state index contributed by atoms with van der Waals surface area (Å²) in [5, 5.41) is 17.2. The number of aliphatic carboxylic acids is 1. The van der Waals surface area contributed by atoms with E-state index in [1.165, 1.54) is 25.2 Å². The van der Waals surface area contributed by atoms with Crippen LogP contribution in [0, 0.1) is 0 Å². The van der Waals surface area contributed by atoms with E-state index >= 15 is 0 Å². The second-order valence-electron chi connectivity index (χ2n) is 5.12. The van der Waals surface area contributed by atoms with Gasteiger partial charge in [-0.2, -0.15) is 4.98 Å². The number of hydrogen-bond donors (Lipinski definition) is 2. The minimum Gasteiger partial charge on any atom is -0.480 e. The molecule has 0 unspecified atom stereocenters. The number of hydrogen-bond acceptors (Lipinski definition) is 6. The molecular formula is C13H14BrN3O4S. The molecule has 1 amide bonds. The largest absolute Gasteiger partial charge is 0.480 e. The van der Waals surface area contributed by atoms with Crippen molar-refractivity contribution in [1.29, 1.82) is 0 Å². The van der Waals surface area contributed by atoms with Gasteiger partial charge >= 0.3 is 5.97 Å². The first-order chi connectivity index (χ1) is 10.3. The van der Waals surface area contributed by atoms with E-state index in [9.17, 15) is 9.59 Å². The molecule has 2 heterocycles. The van der Waals surface area contributed by atoms with Gasteiger partial charge in [-0.15, -0.1) is 11.3 Å². The number of carboxylic acids is 1. The molecule has 2 N–H and O–H groups in total. The van der Waals surface area contributed by atoms with E-state index in [-0.39, 0.29) is 18.7 Å². The predicted molar refractivity (Wildman–Crippen MR) is 83.5 cm³/mol. The molecule has 0 fully saturated rings. The number of amides is 1. The van der Waals surface area contributed by atoms with Gasteiger partial charge in [-0.05, 0) is 35.8 Å². The minimum absolute atomic E-state index is 0.0759. The fourth-order valence-corrected chi connectivity index (χ4v) is 2.92. The van der Waals surface area contributed by atoms with E-state index < -0.39 is 11.5 Å². The second-order valence-corrected chi connectivity index (χ2v) is 6.95. The van der Waals surface area contributed by atoms with Gasteiger partial charge in [-0.1, -0.05) is 5.16 Å². The fraction of sp³-hybridized carbons (Fsp3) is 0.385. The highest BCUT2D eigenvalue weighted by atomic mass is 79.9. The van der Waals surface area contributed by atoms with Crippen molar-refractivity contribution >= 4 is 39.1 Å². The SMILES string of the molecule is CC(C)(NC(=O)CCc1nc(-c2cc(Br)cs2)no1)C(=O)O. The number of thiophene rings is 1. The van der Waals surface area contributed by atoms with Crippen molar-refractivity contribution in [2.75, 3.05) is 0 Å². The van der Waals surface area contributed by atoms with Gasteiger partial charge < -0.3 is 14.9 Å². The third-order valence-electron chi connectivity index (χ3n) is 2.81. The van der Waals surface area contributed by atoms with Crippen LogP contribution in [0.2, 0.25) is 0 Å². The Labute approximate surface area is 138 Å². The molecule has 0 aliphatic rings. The molecule has 0 saturated carbocycles. The van der Waals surface area contributed by atoms with Crippen LogP contribution in [0.4, 0.5) is 0 Å². The van der Waals surface area contributed by atoms with Crippen molar-refractivity contribution in [2.45, 2.75) is 32.2 Å². The summed E-state index contributed by atoms with van der Waals surface area (Å²) in [6.07, 6.45) is 0.327. The Kier molecular flexibility index (Phi) is 4.97. The predicted octanol–water partition coefficient (Wildman–Crippen LogP) is 2.47. The zero-order valence-corrected chi connectivity index (χ0v) is 14.3. The third-order valence-corrected chi connectivity index (χ3v) is 4.50. The Morgan fingerprint density at radius 3 is 2.82 bits per heavy atom. The van der Waals surface area contributed by atoms with Crippen LogP contribution >= 0.6 is 27.3 Å². The molecule has 0 spiro atoms. The van der Waals surface area contributed by atoms with Crippen molar-refractivity contribution < 1.29 is 19.2 Å². The molecule has 2 rings (SSSR count). The van der Waals surface area contributed by atoms with E-state index in [1.54, 1.807) is 0 Å². The summed E-state index contributed by atoms with van der Waals surface area (Å²) in [6, 6.07) is 1.88. The van der Waals surface area contributed by atoms with Crippen molar-refractivity contribution in [3.05, 3.63) is 21.8 Å². The first-order valence-corrected chi connectivity index (χ1v) is 8.06. The molecule has 7 nitrogen and oxygen atoms in total. The van der Waals surface area contributed by atoms with E-state index in [0.29, 0.717) is 11.7 Å². The summed E-state index contributed by atoms with van der Waals surface area (Å²) in [5.41, 5.74) is -1.31. The van der Waals surface area contributed by atoms with E-state index in [2.05, 4.69) is 31.4 Å². The van der Waals surface area contributed by atoms with Gasteiger partial charge in [0.15, 0.2) is 0 Å². The molecule has 0 atom stereocenters. The zero-order valence-electron chi connectivity index (χ0n) is 11.9. The molecule has 0 radical (unpaired) electrons. The van der Waals surface area contributed by atoms with Crippen LogP contribution in [0.1, 0.15) is 26.2 Å². The molecule has 0 aliphatic heterocycles. The highest BCUT2D eigenvalue weighted by molar-refractivity contribution is 9.10. The lowest BCUT2D eigenvalue weighted by Gasteiger charge is -2.20. The summed E-state index contributed by atoms with van der Waals surface area (Å²) in [6.45, 7) is 2.85. The van der Waals surface area contributed by atoms with Crippen molar-refractivity contribution in [2.24, 2.45) is 0 Å². The lowest BCUT2D eigenvalue weighted by Crippen LogP contribution is -2.49. The molecule has 0 aromatic carbocycles. The Morgan fingerprint density at radius 2 is 2.23 bits per heavy atom. The zero-order chi connectivity index (χ0) is 16.3. The summed E-state index contributed by atoms with van der Waals surface area (Å²) in [7, 11) is 0. The quantitative estimate of drug-likeness (QED) is 0.788. The summed E-state index contributed by atoms with van der Waals surface area (Å²) in [4.78, 5) is 27.8. The monoisotopic (exact) mass is 387 g/mol. The van der Waals surface area contributed by atoms with Crippen LogP contribution in [0.25, 0.3) is 10.7 Å². The van der Waals surface area contributed by atoms with E-state index in [1.807, 2.05) is 11.4 Å². The first kappa shape index (κ1) is 16.6. The van der Waals surface area contributed by atoms with E-state index in [4.69, 9.17) is 9.63 Å². The number of aromatic nitrogens is 2. The van der Waals surface area contributed by atoms with Crippen LogP contribution in [-0.4, -0.2) is 32.7 Å². The number of rotatable bonds is 6. The van der Waals surface area contributed by atoms with Gasteiger partial charge in [0.25, 0.3) is 0 Å². The lowest BCUT2D eigenvalue weighted by atomic mass is 10.1. The highest BCUT2D eigenvalue weighted by Gasteiger charge is 2.28. The summed E-state index contributed by atoms with van der Waals surface area (Å²) in [5.74, 6) is -0.671. The molecule has 0 bridgehead atoms. The van der Waals surface area contributed by atoms with Crippen LogP contribution in [-0.2, 0) is 16.0 Å². The third kappa shape index (κ3) is 4.14. The van der Waals surface area contributed by atoms with E-state index in [0.717, 1.165) is 9.35 Å². The number of halogens is 1. The standard InChI is InChI=1S/C13H14BrN3O4S/c1-13(2,12(19)20)16-9(18)3-4-10-15-11(17-21-10)8-5-7(14)6-22-8/h5-6H,3-4H2,1-2H3,(H,16,18)(H,19,20). The van der Waals surface area contributed by atoms with Crippen LogP contribution in [0.5, 0.6) is 0 Å². The molecule has 22 heavy (non-hydrogen) atoms. The normalized spacial score (nSPS) is 11.4. The van der Waals surface area contributed by atoms with Crippen LogP contribution in [0.3, 0.4) is 0 Å². The lowest BCUT2D eigenvalue weighted by molar-refractivity contribution is -0.146. The molecule has 2 aromatic heterocycles. The Morgan fingerprint density at radius 1 is 1.50 bits per heavy atom. The first-order valence-electron chi connectivity index (χ1n) is 6.39. The average molecular weight is 388 g/mol. The topological polar surface area (TPSA) is 105 Å². The number of carboxylic acid groups (broad SMARTS) is 1. The molecule has 9 heteroatoms. The molecular weight excluding hydrogens is 374 g/mol. The van der Waals surface area contributed by atoms with Gasteiger partial charge in [-0.3, -0.25) is 4.79 Å². The van der Waals surface area contributed by atoms with Crippen LogP contribution in [0.15, 0.2) is 20.4 Å². The number of carbonyl (C=O) groups excluding carboxylic acids is 1.